The predicted molar refractivity (Wildman–Crippen MR) is 131 cm³/mol. The van der Waals surface area contributed by atoms with Gasteiger partial charge in [0.25, 0.3) is 0 Å². The summed E-state index contributed by atoms with van der Waals surface area (Å²) in [6, 6.07) is 2.09. The molecule has 5 heterocycles. The van der Waals surface area contributed by atoms with Crippen molar-refractivity contribution in [3.8, 4) is 0 Å². The number of carbonyl (C=O) groups excluding carboxylic acids is 1. The van der Waals surface area contributed by atoms with E-state index in [4.69, 9.17) is 15.7 Å². The zero-order chi connectivity index (χ0) is 25.8. The van der Waals surface area contributed by atoms with E-state index in [0.717, 1.165) is 34.0 Å². The molecule has 36 heavy (non-hydrogen) atoms. The lowest BCUT2D eigenvalue weighted by Gasteiger charge is -2.30. The molecule has 0 unspecified atom stereocenters. The summed E-state index contributed by atoms with van der Waals surface area (Å²) >= 11 is 1.62. The number of aryl methyl sites for hydroxylation is 1. The van der Waals surface area contributed by atoms with Crippen LogP contribution in [0.5, 0.6) is 0 Å². The van der Waals surface area contributed by atoms with Crippen LogP contribution in [-0.4, -0.2) is 50.3 Å². The van der Waals surface area contributed by atoms with E-state index in [0.29, 0.717) is 31.4 Å². The first-order chi connectivity index (χ1) is 17.0. The van der Waals surface area contributed by atoms with Gasteiger partial charge in [-0.05, 0) is 24.8 Å². The summed E-state index contributed by atoms with van der Waals surface area (Å²) in [7, 11) is 0. The van der Waals surface area contributed by atoms with E-state index in [-0.39, 0.29) is 30.7 Å². The minimum atomic E-state index is -4.55. The van der Waals surface area contributed by atoms with Crippen LogP contribution in [0.15, 0.2) is 6.07 Å². The summed E-state index contributed by atoms with van der Waals surface area (Å²) in [6.07, 6.45) is -1.84. The lowest BCUT2D eigenvalue weighted by molar-refractivity contribution is -0.147. The Bertz CT molecular complexity index is 1300. The molecule has 0 spiro atoms. The van der Waals surface area contributed by atoms with E-state index in [1.807, 2.05) is 18.7 Å². The molecular formula is C23H29F3N8OS. The van der Waals surface area contributed by atoms with Crippen molar-refractivity contribution in [2.24, 2.45) is 17.1 Å². The average molecular weight is 523 g/mol. The first-order valence-electron chi connectivity index (χ1n) is 12.1. The third-order valence-corrected chi connectivity index (χ3v) is 8.43. The van der Waals surface area contributed by atoms with Crippen molar-refractivity contribution < 1.29 is 18.0 Å². The number of amides is 1. The Labute approximate surface area is 210 Å². The first-order valence-corrected chi connectivity index (χ1v) is 12.9. The Morgan fingerprint density at radius 2 is 1.94 bits per heavy atom. The van der Waals surface area contributed by atoms with Crippen molar-refractivity contribution in [3.63, 3.8) is 0 Å². The number of fused-ring (bicyclic) bond motifs is 2. The number of thiophene rings is 1. The molecule has 1 saturated heterocycles. The third kappa shape index (κ3) is 4.27. The molecule has 2 aliphatic heterocycles. The SMILES string of the molecule is CCCc1cc2c(N3CCn4c(nnc4C(F)(F)F)C3)nc(N3CC[C@@H](C(C)(C)C(N)=O)C3)nc2s1. The molecule has 194 valence electrons. The van der Waals surface area contributed by atoms with Crippen LogP contribution in [0.1, 0.15) is 50.1 Å². The van der Waals surface area contributed by atoms with Crippen molar-refractivity contribution >= 4 is 39.2 Å². The van der Waals surface area contributed by atoms with Gasteiger partial charge in [-0.2, -0.15) is 18.2 Å². The van der Waals surface area contributed by atoms with Crippen LogP contribution < -0.4 is 15.5 Å². The molecule has 0 radical (unpaired) electrons. The number of aromatic nitrogens is 5. The molecule has 5 rings (SSSR count). The van der Waals surface area contributed by atoms with Gasteiger partial charge in [0.2, 0.25) is 17.7 Å². The fourth-order valence-corrected chi connectivity index (χ4v) is 6.10. The number of alkyl halides is 3. The molecule has 0 aromatic carbocycles. The average Bonchev–Trinajstić information content (AvgIpc) is 3.55. The fourth-order valence-electron chi connectivity index (χ4n) is 4.98. The molecule has 3 aromatic heterocycles. The molecule has 3 aromatic rings. The maximum Gasteiger partial charge on any atom is 0.451 e. The molecule has 13 heteroatoms. The Kier molecular flexibility index (Phi) is 6.08. The summed E-state index contributed by atoms with van der Waals surface area (Å²) in [5.41, 5.74) is 5.01. The zero-order valence-corrected chi connectivity index (χ0v) is 21.3. The molecule has 1 fully saturated rings. The minimum absolute atomic E-state index is 0.0751. The second kappa shape index (κ2) is 8.86. The van der Waals surface area contributed by atoms with Crippen molar-refractivity contribution in [1.82, 2.24) is 24.7 Å². The monoisotopic (exact) mass is 522 g/mol. The Balaban J connectivity index is 1.50. The minimum Gasteiger partial charge on any atom is -0.369 e. The van der Waals surface area contributed by atoms with Crippen LogP contribution in [0.2, 0.25) is 0 Å². The summed E-state index contributed by atoms with van der Waals surface area (Å²) in [5, 5.41) is 8.11. The Morgan fingerprint density at radius 3 is 2.64 bits per heavy atom. The fraction of sp³-hybridized carbons (Fsp3) is 0.609. The smallest absolute Gasteiger partial charge is 0.369 e. The molecular weight excluding hydrogens is 493 g/mol. The van der Waals surface area contributed by atoms with Crippen molar-refractivity contribution in [3.05, 3.63) is 22.6 Å². The van der Waals surface area contributed by atoms with Crippen molar-refractivity contribution in [2.75, 3.05) is 29.4 Å². The molecule has 9 nitrogen and oxygen atoms in total. The molecule has 0 saturated carbocycles. The number of nitrogens with two attached hydrogens (primary N) is 1. The number of nitrogens with zero attached hydrogens (tertiary/aromatic N) is 7. The van der Waals surface area contributed by atoms with Crippen LogP contribution in [-0.2, 0) is 30.5 Å². The molecule has 1 amide bonds. The number of primary amides is 1. The van der Waals surface area contributed by atoms with Crippen molar-refractivity contribution in [1.29, 1.82) is 0 Å². The lowest BCUT2D eigenvalue weighted by Crippen LogP contribution is -2.40. The van der Waals surface area contributed by atoms with Gasteiger partial charge in [0.05, 0.1) is 11.9 Å². The number of hydrogen-bond donors (Lipinski definition) is 1. The predicted octanol–water partition coefficient (Wildman–Crippen LogP) is 3.61. The standard InChI is InChI=1S/C23H29F3N8OS/c1-4-5-14-10-15-17(32-8-9-34-16(12-32)30-31-20(34)23(24,25)26)28-21(29-18(15)36-14)33-7-6-13(11-33)22(2,3)19(27)35/h10,13H,4-9,11-12H2,1-3H3,(H2,27,35)/t13-/m1/s1. The number of halogens is 3. The van der Waals surface area contributed by atoms with Gasteiger partial charge in [-0.25, -0.2) is 4.98 Å². The van der Waals surface area contributed by atoms with Gasteiger partial charge >= 0.3 is 6.18 Å². The lowest BCUT2D eigenvalue weighted by atomic mass is 9.78. The van der Waals surface area contributed by atoms with Gasteiger partial charge in [0.15, 0.2) is 5.82 Å². The van der Waals surface area contributed by atoms with Crippen LogP contribution in [0.4, 0.5) is 24.9 Å². The summed E-state index contributed by atoms with van der Waals surface area (Å²) in [5.74, 6) is 0.291. The maximum absolute atomic E-state index is 13.3. The van der Waals surface area contributed by atoms with E-state index in [1.165, 1.54) is 4.88 Å². The number of carbonyl (C=O) groups is 1. The van der Waals surface area contributed by atoms with E-state index in [2.05, 4.69) is 28.1 Å². The van der Waals surface area contributed by atoms with Gasteiger partial charge in [-0.1, -0.05) is 27.2 Å². The highest BCUT2D eigenvalue weighted by molar-refractivity contribution is 7.18. The number of anilines is 2. The Morgan fingerprint density at radius 1 is 1.17 bits per heavy atom. The quantitative estimate of drug-likeness (QED) is 0.527. The summed E-state index contributed by atoms with van der Waals surface area (Å²) in [6.45, 7) is 7.79. The highest BCUT2D eigenvalue weighted by Crippen LogP contribution is 2.39. The van der Waals surface area contributed by atoms with E-state index < -0.39 is 17.4 Å². The molecule has 2 aliphatic rings. The maximum atomic E-state index is 13.3. The van der Waals surface area contributed by atoms with Crippen LogP contribution in [0, 0.1) is 11.3 Å². The van der Waals surface area contributed by atoms with E-state index >= 15 is 0 Å². The highest BCUT2D eigenvalue weighted by atomic mass is 32.1. The highest BCUT2D eigenvalue weighted by Gasteiger charge is 2.41. The van der Waals surface area contributed by atoms with Gasteiger partial charge in [-0.15, -0.1) is 21.5 Å². The van der Waals surface area contributed by atoms with Crippen molar-refractivity contribution in [2.45, 2.75) is 59.3 Å². The van der Waals surface area contributed by atoms with Gasteiger partial charge in [-0.3, -0.25) is 4.79 Å². The van der Waals surface area contributed by atoms with Gasteiger partial charge < -0.3 is 20.1 Å². The van der Waals surface area contributed by atoms with Crippen LogP contribution >= 0.6 is 11.3 Å². The topological polar surface area (TPSA) is 106 Å². The number of hydrogen-bond acceptors (Lipinski definition) is 8. The van der Waals surface area contributed by atoms with Gasteiger partial charge in [0, 0.05) is 36.5 Å². The van der Waals surface area contributed by atoms with Crippen LogP contribution in [0.25, 0.3) is 10.2 Å². The second-order valence-corrected chi connectivity index (χ2v) is 11.2. The normalized spacial score (nSPS) is 18.8. The molecule has 1 atom stereocenters. The summed E-state index contributed by atoms with van der Waals surface area (Å²) in [4.78, 5) is 27.9. The molecule has 2 N–H and O–H groups in total. The number of rotatable bonds is 6. The first kappa shape index (κ1) is 24.7. The largest absolute Gasteiger partial charge is 0.451 e. The van der Waals surface area contributed by atoms with E-state index in [1.54, 1.807) is 11.3 Å². The van der Waals surface area contributed by atoms with Crippen LogP contribution in [0.3, 0.4) is 0 Å². The van der Waals surface area contributed by atoms with E-state index in [9.17, 15) is 18.0 Å². The molecule has 0 aliphatic carbocycles. The Hall–Kier alpha value is -2.96. The second-order valence-electron chi connectivity index (χ2n) is 10.1. The molecule has 0 bridgehead atoms. The summed E-state index contributed by atoms with van der Waals surface area (Å²) < 4.78 is 41.1. The third-order valence-electron chi connectivity index (χ3n) is 7.34. The van der Waals surface area contributed by atoms with Gasteiger partial charge in [0.1, 0.15) is 10.6 Å². The zero-order valence-electron chi connectivity index (χ0n) is 20.5.